The quantitative estimate of drug-likeness (QED) is 0.525. The van der Waals surface area contributed by atoms with E-state index in [2.05, 4.69) is 0 Å². The molecule has 1 N–H and O–H groups in total. The Morgan fingerprint density at radius 3 is 2.23 bits per heavy atom. The zero-order valence-electron chi connectivity index (χ0n) is 16.6. The van der Waals surface area contributed by atoms with E-state index >= 15 is 0 Å². The molecule has 31 heavy (non-hydrogen) atoms. The Kier molecular flexibility index (Phi) is 6.01. The van der Waals surface area contributed by atoms with E-state index in [9.17, 15) is 14.7 Å². The lowest BCUT2D eigenvalue weighted by atomic mass is 9.95. The van der Waals surface area contributed by atoms with E-state index in [-0.39, 0.29) is 12.1 Å². The minimum atomic E-state index is -0.783. The molecule has 1 amide bonds. The molecule has 0 spiro atoms. The Morgan fingerprint density at radius 2 is 1.55 bits per heavy atom. The fourth-order valence-corrected chi connectivity index (χ4v) is 3.93. The number of aliphatic hydroxyl groups is 1. The summed E-state index contributed by atoms with van der Waals surface area (Å²) in [4.78, 5) is 27.6. The molecule has 5 heteroatoms. The molecule has 1 aliphatic rings. The number of carbonyl (C=O) groups excluding carboxylic acids is 2. The summed E-state index contributed by atoms with van der Waals surface area (Å²) in [5.41, 5.74) is 2.35. The van der Waals surface area contributed by atoms with Crippen molar-refractivity contribution in [2.45, 2.75) is 12.6 Å². The topological polar surface area (TPSA) is 57.6 Å². The summed E-state index contributed by atoms with van der Waals surface area (Å²) in [7, 11) is 0. The normalized spacial score (nSPS) is 16.4. The van der Waals surface area contributed by atoms with Gasteiger partial charge in [0, 0.05) is 11.6 Å². The van der Waals surface area contributed by atoms with Gasteiger partial charge in [0.05, 0.1) is 11.6 Å². The number of hydrogen-bond acceptors (Lipinski definition) is 3. The molecule has 4 rings (SSSR count). The maximum Gasteiger partial charge on any atom is 0.290 e. The lowest BCUT2D eigenvalue weighted by molar-refractivity contribution is -0.130. The third-order valence-corrected chi connectivity index (χ3v) is 5.54. The Hall–Kier alpha value is -3.63. The highest BCUT2D eigenvalue weighted by atomic mass is 35.5. The van der Waals surface area contributed by atoms with Crippen LogP contribution in [0.2, 0.25) is 5.02 Å². The largest absolute Gasteiger partial charge is 0.503 e. The first kappa shape index (κ1) is 20.6. The fraction of sp³-hybridized carbons (Fsp3) is 0.0769. The first-order valence-corrected chi connectivity index (χ1v) is 10.2. The molecule has 0 fully saturated rings. The molecular formula is C26H20ClNO3. The minimum Gasteiger partial charge on any atom is -0.503 e. The van der Waals surface area contributed by atoms with Crippen LogP contribution in [-0.2, 0) is 16.1 Å². The van der Waals surface area contributed by atoms with Gasteiger partial charge in [-0.3, -0.25) is 9.59 Å². The van der Waals surface area contributed by atoms with Crippen molar-refractivity contribution in [2.24, 2.45) is 0 Å². The monoisotopic (exact) mass is 429 g/mol. The zero-order chi connectivity index (χ0) is 21.8. The van der Waals surface area contributed by atoms with Gasteiger partial charge in [-0.2, -0.15) is 0 Å². The molecule has 0 unspecified atom stereocenters. The lowest BCUT2D eigenvalue weighted by Crippen LogP contribution is -2.30. The molecule has 0 bridgehead atoms. The van der Waals surface area contributed by atoms with Crippen LogP contribution < -0.4 is 0 Å². The van der Waals surface area contributed by atoms with Crippen LogP contribution in [0.5, 0.6) is 0 Å². The van der Waals surface area contributed by atoms with Crippen LogP contribution in [0.1, 0.15) is 22.7 Å². The van der Waals surface area contributed by atoms with Gasteiger partial charge in [-0.05, 0) is 28.8 Å². The van der Waals surface area contributed by atoms with E-state index in [4.69, 9.17) is 11.6 Å². The number of carbonyl (C=O) groups is 2. The summed E-state index contributed by atoms with van der Waals surface area (Å²) in [6, 6.07) is 25.1. The first-order chi connectivity index (χ1) is 15.1. The number of halogens is 1. The van der Waals surface area contributed by atoms with Crippen molar-refractivity contribution < 1.29 is 14.7 Å². The average Bonchev–Trinajstić information content (AvgIpc) is 3.04. The number of allylic oxidation sites excluding steroid dienone is 1. The highest BCUT2D eigenvalue weighted by Crippen LogP contribution is 2.41. The maximum atomic E-state index is 13.1. The van der Waals surface area contributed by atoms with E-state index in [0.717, 1.165) is 11.1 Å². The predicted octanol–water partition coefficient (Wildman–Crippen LogP) is 5.52. The van der Waals surface area contributed by atoms with Crippen LogP contribution in [0, 0.1) is 0 Å². The van der Waals surface area contributed by atoms with Crippen LogP contribution in [-0.4, -0.2) is 21.7 Å². The number of benzene rings is 3. The molecule has 0 aliphatic carbocycles. The SMILES string of the molecule is O=C(/C=C\c1ccccc1)C1=C(O)C(=O)N(Cc2ccccc2)[C@@H]1c1ccccc1Cl. The maximum absolute atomic E-state index is 13.1. The minimum absolute atomic E-state index is 0.0289. The third kappa shape index (κ3) is 4.30. The van der Waals surface area contributed by atoms with Crippen molar-refractivity contribution in [3.05, 3.63) is 124 Å². The summed E-state index contributed by atoms with van der Waals surface area (Å²) in [6.07, 6.45) is 3.04. The third-order valence-electron chi connectivity index (χ3n) is 5.19. The second-order valence-corrected chi connectivity index (χ2v) is 7.62. The van der Waals surface area contributed by atoms with Crippen molar-refractivity contribution in [2.75, 3.05) is 0 Å². The van der Waals surface area contributed by atoms with Gasteiger partial charge in [0.25, 0.3) is 5.91 Å². The number of aliphatic hydroxyl groups excluding tert-OH is 1. The second kappa shape index (κ2) is 9.02. The van der Waals surface area contributed by atoms with Gasteiger partial charge in [-0.25, -0.2) is 0 Å². The highest BCUT2D eigenvalue weighted by molar-refractivity contribution is 6.31. The highest BCUT2D eigenvalue weighted by Gasteiger charge is 2.43. The number of rotatable bonds is 6. The van der Waals surface area contributed by atoms with Crippen molar-refractivity contribution >= 4 is 29.4 Å². The van der Waals surface area contributed by atoms with Gasteiger partial charge in [0.1, 0.15) is 0 Å². The molecule has 1 heterocycles. The summed E-state index contributed by atoms with van der Waals surface area (Å²) in [5.74, 6) is -1.57. The van der Waals surface area contributed by atoms with Gasteiger partial charge in [-0.15, -0.1) is 0 Å². The molecule has 3 aromatic rings. The van der Waals surface area contributed by atoms with Crippen LogP contribution in [0.15, 0.2) is 102 Å². The van der Waals surface area contributed by atoms with E-state index in [1.54, 1.807) is 30.3 Å². The summed E-state index contributed by atoms with van der Waals surface area (Å²) in [5, 5.41) is 11.1. The Balaban J connectivity index is 1.74. The molecule has 0 aromatic heterocycles. The van der Waals surface area contributed by atoms with Crippen LogP contribution in [0.3, 0.4) is 0 Å². The number of ketones is 1. The molecular weight excluding hydrogens is 410 g/mol. The molecule has 1 atom stereocenters. The summed E-state index contributed by atoms with van der Waals surface area (Å²) in [6.45, 7) is 0.235. The van der Waals surface area contributed by atoms with Crippen molar-refractivity contribution in [1.82, 2.24) is 4.90 Å². The first-order valence-electron chi connectivity index (χ1n) is 9.86. The van der Waals surface area contributed by atoms with E-state index in [1.807, 2.05) is 60.7 Å². The predicted molar refractivity (Wildman–Crippen MR) is 121 cm³/mol. The summed E-state index contributed by atoms with van der Waals surface area (Å²) < 4.78 is 0. The van der Waals surface area contributed by atoms with Gasteiger partial charge >= 0.3 is 0 Å². The van der Waals surface area contributed by atoms with Gasteiger partial charge in [0.2, 0.25) is 0 Å². The number of hydrogen-bond donors (Lipinski definition) is 1. The van der Waals surface area contributed by atoms with Crippen molar-refractivity contribution in [3.8, 4) is 0 Å². The summed E-state index contributed by atoms with van der Waals surface area (Å²) >= 11 is 6.44. The number of amides is 1. The Bertz CT molecular complexity index is 1170. The molecule has 154 valence electrons. The van der Waals surface area contributed by atoms with Gasteiger partial charge < -0.3 is 10.0 Å². The van der Waals surface area contributed by atoms with Crippen molar-refractivity contribution in [3.63, 3.8) is 0 Å². The molecule has 0 saturated heterocycles. The zero-order valence-corrected chi connectivity index (χ0v) is 17.4. The van der Waals surface area contributed by atoms with Crippen molar-refractivity contribution in [1.29, 1.82) is 0 Å². The number of nitrogens with zero attached hydrogens (tertiary/aromatic N) is 1. The molecule has 4 nitrogen and oxygen atoms in total. The van der Waals surface area contributed by atoms with E-state index in [0.29, 0.717) is 10.6 Å². The van der Waals surface area contributed by atoms with Crippen LogP contribution in [0.4, 0.5) is 0 Å². The van der Waals surface area contributed by atoms with E-state index in [1.165, 1.54) is 11.0 Å². The molecule has 3 aromatic carbocycles. The fourth-order valence-electron chi connectivity index (χ4n) is 3.69. The van der Waals surface area contributed by atoms with E-state index < -0.39 is 23.5 Å². The molecule has 0 saturated carbocycles. The lowest BCUT2D eigenvalue weighted by Gasteiger charge is -2.27. The van der Waals surface area contributed by atoms with Crippen LogP contribution in [0.25, 0.3) is 6.08 Å². The second-order valence-electron chi connectivity index (χ2n) is 7.21. The Labute approximate surface area is 185 Å². The smallest absolute Gasteiger partial charge is 0.290 e. The molecule has 1 aliphatic heterocycles. The molecule has 0 radical (unpaired) electrons. The average molecular weight is 430 g/mol. The Morgan fingerprint density at radius 1 is 0.935 bits per heavy atom. The van der Waals surface area contributed by atoms with Crippen LogP contribution >= 0.6 is 11.6 Å². The van der Waals surface area contributed by atoms with Gasteiger partial charge in [-0.1, -0.05) is 96.5 Å². The van der Waals surface area contributed by atoms with Gasteiger partial charge in [0.15, 0.2) is 11.5 Å². The standard InChI is InChI=1S/C26H20ClNO3/c27-21-14-8-7-13-20(21)24-23(22(29)16-15-18-9-3-1-4-10-18)25(30)26(31)28(24)17-19-11-5-2-6-12-19/h1-16,24,30H,17H2/b16-15-/t24-/m1/s1.